The lowest BCUT2D eigenvalue weighted by Gasteiger charge is -2.17. The molecule has 0 unspecified atom stereocenters. The average Bonchev–Trinajstić information content (AvgIpc) is 2.66. The molecule has 0 aliphatic carbocycles. The van der Waals surface area contributed by atoms with E-state index in [0.717, 1.165) is 5.56 Å². The van der Waals surface area contributed by atoms with Crippen molar-refractivity contribution in [3.63, 3.8) is 0 Å². The van der Waals surface area contributed by atoms with Crippen LogP contribution >= 0.6 is 11.3 Å². The van der Waals surface area contributed by atoms with Crippen LogP contribution in [0.5, 0.6) is 0 Å². The zero-order valence-electron chi connectivity index (χ0n) is 8.61. The van der Waals surface area contributed by atoms with Crippen LogP contribution in [-0.2, 0) is 16.1 Å². The third kappa shape index (κ3) is 2.79. The largest absolute Gasteiger partial charge is 0.480 e. The molecule has 0 bridgehead atoms. The van der Waals surface area contributed by atoms with Gasteiger partial charge in [0.15, 0.2) is 0 Å². The van der Waals surface area contributed by atoms with Crippen LogP contribution in [-0.4, -0.2) is 17.0 Å². The van der Waals surface area contributed by atoms with E-state index in [0.29, 0.717) is 6.54 Å². The van der Waals surface area contributed by atoms with E-state index < -0.39 is 17.3 Å². The minimum atomic E-state index is -1.38. The average molecular weight is 227 g/mol. The Morgan fingerprint density at radius 1 is 1.53 bits per heavy atom. The number of carbonyl (C=O) groups is 2. The van der Waals surface area contributed by atoms with E-state index >= 15 is 0 Å². The standard InChI is InChI=1S/C10H13NO3S/c1-10(2,9(13)14)8(12)11-5-7-3-4-15-6-7/h3-4,6H,5H2,1-2H3,(H,11,12)(H,13,14). The van der Waals surface area contributed by atoms with Crippen molar-refractivity contribution in [3.8, 4) is 0 Å². The van der Waals surface area contributed by atoms with E-state index in [1.807, 2.05) is 16.8 Å². The summed E-state index contributed by atoms with van der Waals surface area (Å²) < 4.78 is 0. The molecule has 1 amide bonds. The molecule has 15 heavy (non-hydrogen) atoms. The highest BCUT2D eigenvalue weighted by Gasteiger charge is 2.35. The molecule has 82 valence electrons. The maximum absolute atomic E-state index is 11.5. The number of hydrogen-bond acceptors (Lipinski definition) is 3. The van der Waals surface area contributed by atoms with E-state index in [4.69, 9.17) is 5.11 Å². The summed E-state index contributed by atoms with van der Waals surface area (Å²) in [6.45, 7) is 3.15. The molecular weight excluding hydrogens is 214 g/mol. The molecular formula is C10H13NO3S. The Balaban J connectivity index is 2.53. The lowest BCUT2D eigenvalue weighted by atomic mass is 9.93. The first-order valence-electron chi connectivity index (χ1n) is 4.47. The monoisotopic (exact) mass is 227 g/mol. The van der Waals surface area contributed by atoms with Crippen LogP contribution in [0.25, 0.3) is 0 Å². The van der Waals surface area contributed by atoms with Crippen LogP contribution in [0.3, 0.4) is 0 Å². The number of nitrogens with one attached hydrogen (secondary N) is 1. The molecule has 0 aromatic carbocycles. The third-order valence-electron chi connectivity index (χ3n) is 2.14. The first kappa shape index (κ1) is 11.7. The number of amides is 1. The van der Waals surface area contributed by atoms with Gasteiger partial charge in [0, 0.05) is 6.54 Å². The van der Waals surface area contributed by atoms with Crippen molar-refractivity contribution in [2.75, 3.05) is 0 Å². The van der Waals surface area contributed by atoms with Gasteiger partial charge in [-0.25, -0.2) is 0 Å². The van der Waals surface area contributed by atoms with Crippen molar-refractivity contribution in [1.82, 2.24) is 5.32 Å². The zero-order chi connectivity index (χ0) is 11.5. The second kappa shape index (κ2) is 4.44. The van der Waals surface area contributed by atoms with E-state index in [1.54, 1.807) is 0 Å². The number of rotatable bonds is 4. The number of thiophene rings is 1. The minimum Gasteiger partial charge on any atom is -0.480 e. The van der Waals surface area contributed by atoms with Crippen molar-refractivity contribution in [1.29, 1.82) is 0 Å². The second-order valence-electron chi connectivity index (χ2n) is 3.74. The van der Waals surface area contributed by atoms with Crippen molar-refractivity contribution >= 4 is 23.2 Å². The van der Waals surface area contributed by atoms with Crippen LogP contribution in [0.1, 0.15) is 19.4 Å². The minimum absolute atomic E-state index is 0.374. The fourth-order valence-electron chi connectivity index (χ4n) is 0.894. The van der Waals surface area contributed by atoms with Gasteiger partial charge in [0.1, 0.15) is 5.41 Å². The van der Waals surface area contributed by atoms with E-state index in [1.165, 1.54) is 25.2 Å². The van der Waals surface area contributed by atoms with Gasteiger partial charge < -0.3 is 10.4 Å². The summed E-state index contributed by atoms with van der Waals surface area (Å²) in [5.74, 6) is -1.59. The molecule has 0 atom stereocenters. The summed E-state index contributed by atoms with van der Waals surface area (Å²) in [6.07, 6.45) is 0. The Morgan fingerprint density at radius 2 is 2.20 bits per heavy atom. The number of aliphatic carboxylic acids is 1. The lowest BCUT2D eigenvalue weighted by molar-refractivity contribution is -0.153. The third-order valence-corrected chi connectivity index (χ3v) is 2.87. The predicted octanol–water partition coefficient (Wildman–Crippen LogP) is 1.48. The summed E-state index contributed by atoms with van der Waals surface area (Å²) in [5, 5.41) is 15.2. The molecule has 0 aliphatic heterocycles. The second-order valence-corrected chi connectivity index (χ2v) is 4.52. The van der Waals surface area contributed by atoms with Crippen molar-refractivity contribution in [3.05, 3.63) is 22.4 Å². The number of carboxylic acid groups (broad SMARTS) is 1. The lowest BCUT2D eigenvalue weighted by Crippen LogP contribution is -2.41. The molecule has 2 N–H and O–H groups in total. The van der Waals surface area contributed by atoms with E-state index in [-0.39, 0.29) is 0 Å². The summed E-state index contributed by atoms with van der Waals surface area (Å²) in [7, 11) is 0. The molecule has 0 saturated heterocycles. The molecule has 0 saturated carbocycles. The smallest absolute Gasteiger partial charge is 0.318 e. The predicted molar refractivity (Wildman–Crippen MR) is 57.6 cm³/mol. The first-order chi connectivity index (χ1) is 6.94. The van der Waals surface area contributed by atoms with Crippen molar-refractivity contribution in [2.45, 2.75) is 20.4 Å². The van der Waals surface area contributed by atoms with E-state index in [9.17, 15) is 9.59 Å². The summed E-state index contributed by atoms with van der Waals surface area (Å²) >= 11 is 1.54. The molecule has 1 aromatic rings. The molecule has 0 aliphatic rings. The Morgan fingerprint density at radius 3 is 2.67 bits per heavy atom. The van der Waals surface area contributed by atoms with Gasteiger partial charge in [-0.15, -0.1) is 0 Å². The molecule has 1 rings (SSSR count). The number of carboxylic acids is 1. The van der Waals surface area contributed by atoms with Crippen molar-refractivity contribution < 1.29 is 14.7 Å². The highest BCUT2D eigenvalue weighted by molar-refractivity contribution is 7.07. The Hall–Kier alpha value is -1.36. The van der Waals surface area contributed by atoms with Gasteiger partial charge in [-0.1, -0.05) is 0 Å². The molecule has 5 heteroatoms. The molecule has 1 heterocycles. The van der Waals surface area contributed by atoms with Gasteiger partial charge in [0.05, 0.1) is 0 Å². The van der Waals surface area contributed by atoms with Crippen molar-refractivity contribution in [2.24, 2.45) is 5.41 Å². The maximum Gasteiger partial charge on any atom is 0.318 e. The van der Waals surface area contributed by atoms with Crippen LogP contribution in [0.4, 0.5) is 0 Å². The zero-order valence-corrected chi connectivity index (χ0v) is 9.43. The van der Waals surface area contributed by atoms with Crippen LogP contribution in [0, 0.1) is 5.41 Å². The molecule has 4 nitrogen and oxygen atoms in total. The highest BCUT2D eigenvalue weighted by Crippen LogP contribution is 2.15. The van der Waals surface area contributed by atoms with Crippen LogP contribution in [0.15, 0.2) is 16.8 Å². The van der Waals surface area contributed by atoms with Gasteiger partial charge >= 0.3 is 5.97 Å². The fraction of sp³-hybridized carbons (Fsp3) is 0.400. The Bertz CT molecular complexity index is 357. The Labute approximate surface area is 91.9 Å². The molecule has 0 radical (unpaired) electrons. The number of carbonyl (C=O) groups excluding carboxylic acids is 1. The number of hydrogen-bond donors (Lipinski definition) is 2. The van der Waals surface area contributed by atoms with Gasteiger partial charge in [-0.2, -0.15) is 11.3 Å². The Kier molecular flexibility index (Phi) is 3.47. The SMILES string of the molecule is CC(C)(C(=O)O)C(=O)NCc1ccsc1. The van der Waals surface area contributed by atoms with Gasteiger partial charge in [0.25, 0.3) is 0 Å². The van der Waals surface area contributed by atoms with Crippen LogP contribution < -0.4 is 5.32 Å². The van der Waals surface area contributed by atoms with E-state index in [2.05, 4.69) is 5.32 Å². The van der Waals surface area contributed by atoms with Gasteiger partial charge in [0.2, 0.25) is 5.91 Å². The maximum atomic E-state index is 11.5. The quantitative estimate of drug-likeness (QED) is 0.765. The topological polar surface area (TPSA) is 66.4 Å². The molecule has 1 aromatic heterocycles. The summed E-state index contributed by atoms with van der Waals surface area (Å²) in [4.78, 5) is 22.3. The fourth-order valence-corrected chi connectivity index (χ4v) is 1.56. The van der Waals surface area contributed by atoms with Crippen LogP contribution in [0.2, 0.25) is 0 Å². The summed E-state index contributed by atoms with van der Waals surface area (Å²) in [5.41, 5.74) is -0.398. The molecule has 0 spiro atoms. The van der Waals surface area contributed by atoms with Gasteiger partial charge in [-0.05, 0) is 36.2 Å². The normalized spacial score (nSPS) is 11.1. The molecule has 0 fully saturated rings. The van der Waals surface area contributed by atoms with Gasteiger partial charge in [-0.3, -0.25) is 9.59 Å². The highest BCUT2D eigenvalue weighted by atomic mass is 32.1. The summed E-state index contributed by atoms with van der Waals surface area (Å²) in [6, 6.07) is 1.89. The first-order valence-corrected chi connectivity index (χ1v) is 5.41.